The maximum absolute atomic E-state index is 4.40. The molecule has 0 bridgehead atoms. The molecule has 0 saturated carbocycles. The second kappa shape index (κ2) is 7.88. The van der Waals surface area contributed by atoms with Gasteiger partial charge in [-0.1, -0.05) is 47.6 Å². The summed E-state index contributed by atoms with van der Waals surface area (Å²) in [5, 5.41) is 0. The Morgan fingerprint density at radius 3 is 2.18 bits per heavy atom. The minimum absolute atomic E-state index is 0.476. The van der Waals surface area contributed by atoms with Crippen LogP contribution in [-0.4, -0.2) is 9.38 Å². The van der Waals surface area contributed by atoms with Gasteiger partial charge in [-0.2, -0.15) is 0 Å². The summed E-state index contributed by atoms with van der Waals surface area (Å²) in [6.07, 6.45) is 4.06. The molecule has 0 N–H and O–H groups in total. The summed E-state index contributed by atoms with van der Waals surface area (Å²) in [5.41, 5.74) is 2.45. The summed E-state index contributed by atoms with van der Waals surface area (Å²) >= 11 is 0. The molecule has 2 aromatic rings. The molecule has 0 aliphatic heterocycles. The smallest absolute Gasteiger partial charge is 0.115 e. The van der Waals surface area contributed by atoms with Crippen molar-refractivity contribution in [2.45, 2.75) is 54.4 Å². The zero-order chi connectivity index (χ0) is 13.4. The highest BCUT2D eigenvalue weighted by molar-refractivity contribution is 5.47. The highest BCUT2D eigenvalue weighted by Crippen LogP contribution is 2.15. The molecule has 2 nitrogen and oxygen atoms in total. The highest BCUT2D eigenvalue weighted by Gasteiger charge is 2.06. The van der Waals surface area contributed by atoms with Crippen molar-refractivity contribution in [2.75, 3.05) is 0 Å². The van der Waals surface area contributed by atoms with Crippen LogP contribution in [0.2, 0.25) is 0 Å². The van der Waals surface area contributed by atoms with E-state index < -0.39 is 0 Å². The molecule has 2 rings (SSSR count). The van der Waals surface area contributed by atoms with E-state index in [1.165, 1.54) is 11.1 Å². The number of nitrogens with zero attached hydrogens (tertiary/aromatic N) is 2. The normalized spacial score (nSPS) is 9.41. The lowest BCUT2D eigenvalue weighted by atomic mass is 10.2. The predicted octanol–water partition coefficient (Wildman–Crippen LogP) is 4.82. The van der Waals surface area contributed by atoms with E-state index in [4.69, 9.17) is 0 Å². The molecular weight excluding hydrogens is 208 g/mol. The third-order valence-corrected chi connectivity index (χ3v) is 2.22. The third kappa shape index (κ3) is 3.88. The van der Waals surface area contributed by atoms with Crippen LogP contribution in [0.5, 0.6) is 0 Å². The van der Waals surface area contributed by atoms with Gasteiger partial charge in [0.25, 0.3) is 0 Å². The summed E-state index contributed by atoms with van der Waals surface area (Å²) in [4.78, 5) is 4.40. The second-order valence-corrected chi connectivity index (χ2v) is 3.77. The zero-order valence-corrected chi connectivity index (χ0v) is 12.3. The summed E-state index contributed by atoms with van der Waals surface area (Å²) in [7, 11) is 0. The Morgan fingerprint density at radius 1 is 1.06 bits per heavy atom. The first-order valence-electron chi connectivity index (χ1n) is 6.62. The molecule has 2 heterocycles. The van der Waals surface area contributed by atoms with Crippen LogP contribution in [0.15, 0.2) is 24.5 Å². The molecule has 0 fully saturated rings. The number of hydrogen-bond donors (Lipinski definition) is 0. The van der Waals surface area contributed by atoms with Gasteiger partial charge in [0.15, 0.2) is 0 Å². The van der Waals surface area contributed by atoms with E-state index in [-0.39, 0.29) is 0 Å². The number of pyridine rings is 1. The Bertz CT molecular complexity index is 427. The first-order chi connectivity index (χ1) is 8.18. The van der Waals surface area contributed by atoms with E-state index >= 15 is 0 Å². The van der Waals surface area contributed by atoms with Crippen LogP contribution in [0.3, 0.4) is 0 Å². The molecule has 0 saturated heterocycles. The van der Waals surface area contributed by atoms with Crippen molar-refractivity contribution in [3.05, 3.63) is 35.9 Å². The first-order valence-corrected chi connectivity index (χ1v) is 6.62. The minimum Gasteiger partial charge on any atom is -0.303 e. The summed E-state index contributed by atoms with van der Waals surface area (Å²) in [6, 6.07) is 4.22. The van der Waals surface area contributed by atoms with Crippen LogP contribution in [0.25, 0.3) is 5.52 Å². The molecule has 0 atom stereocenters. The van der Waals surface area contributed by atoms with Gasteiger partial charge in [0, 0.05) is 12.1 Å². The Kier molecular flexibility index (Phi) is 7.27. The lowest BCUT2D eigenvalue weighted by Gasteiger charge is -2.04. The number of imidazole rings is 1. The number of hydrogen-bond acceptors (Lipinski definition) is 1. The van der Waals surface area contributed by atoms with Crippen LogP contribution in [0, 0.1) is 6.92 Å². The molecule has 0 amide bonds. The van der Waals surface area contributed by atoms with Crippen molar-refractivity contribution in [2.24, 2.45) is 0 Å². The van der Waals surface area contributed by atoms with Crippen LogP contribution < -0.4 is 0 Å². The van der Waals surface area contributed by atoms with Crippen LogP contribution in [-0.2, 0) is 0 Å². The van der Waals surface area contributed by atoms with Gasteiger partial charge in [-0.05, 0) is 18.6 Å². The van der Waals surface area contributed by atoms with Crippen LogP contribution >= 0.6 is 0 Å². The standard InChI is InChI=1S/C11H14N2.2C2H6/c1-8(2)11-12-6-10-5-4-9(3)7-13(10)11;2*1-2/h4-8H,1-3H3;2*1-2H3. The van der Waals surface area contributed by atoms with Crippen LogP contribution in [0.1, 0.15) is 58.8 Å². The SMILES string of the molecule is CC.CC.Cc1ccc2cnc(C(C)C)n2c1. The third-order valence-electron chi connectivity index (χ3n) is 2.22. The van der Waals surface area contributed by atoms with Gasteiger partial charge in [0.1, 0.15) is 5.82 Å². The first kappa shape index (κ1) is 15.7. The van der Waals surface area contributed by atoms with Gasteiger partial charge in [-0.15, -0.1) is 0 Å². The summed E-state index contributed by atoms with van der Waals surface area (Å²) in [5.74, 6) is 1.61. The van der Waals surface area contributed by atoms with E-state index in [2.05, 4.69) is 48.5 Å². The lowest BCUT2D eigenvalue weighted by molar-refractivity contribution is 0.769. The predicted molar refractivity (Wildman–Crippen MR) is 76.7 cm³/mol. The van der Waals surface area contributed by atoms with Crippen molar-refractivity contribution >= 4 is 5.52 Å². The highest BCUT2D eigenvalue weighted by atomic mass is 15.0. The average molecular weight is 234 g/mol. The fourth-order valence-electron chi connectivity index (χ4n) is 1.54. The Labute approximate surface area is 106 Å². The fraction of sp³-hybridized carbons (Fsp3) is 0.533. The van der Waals surface area contributed by atoms with Gasteiger partial charge >= 0.3 is 0 Å². The molecule has 0 aliphatic carbocycles. The van der Waals surface area contributed by atoms with Crippen molar-refractivity contribution in [1.82, 2.24) is 9.38 Å². The van der Waals surface area contributed by atoms with Gasteiger partial charge in [0.2, 0.25) is 0 Å². The van der Waals surface area contributed by atoms with Gasteiger partial charge in [-0.25, -0.2) is 4.98 Å². The zero-order valence-electron chi connectivity index (χ0n) is 12.3. The number of aryl methyl sites for hydroxylation is 1. The van der Waals surface area contributed by atoms with Crippen LogP contribution in [0.4, 0.5) is 0 Å². The van der Waals surface area contributed by atoms with Crippen molar-refractivity contribution in [3.8, 4) is 0 Å². The molecule has 17 heavy (non-hydrogen) atoms. The van der Waals surface area contributed by atoms with Crippen molar-refractivity contribution < 1.29 is 0 Å². The van der Waals surface area contributed by atoms with Crippen molar-refractivity contribution in [3.63, 3.8) is 0 Å². The summed E-state index contributed by atoms with van der Waals surface area (Å²) in [6.45, 7) is 14.4. The average Bonchev–Trinajstić information content (AvgIpc) is 2.77. The Hall–Kier alpha value is -1.31. The molecule has 0 aromatic carbocycles. The fourth-order valence-corrected chi connectivity index (χ4v) is 1.54. The molecule has 0 aliphatic rings. The lowest BCUT2D eigenvalue weighted by Crippen LogP contribution is -1.96. The monoisotopic (exact) mass is 234 g/mol. The van der Waals surface area contributed by atoms with E-state index in [0.29, 0.717) is 5.92 Å². The topological polar surface area (TPSA) is 17.3 Å². The minimum atomic E-state index is 0.476. The van der Waals surface area contributed by atoms with Gasteiger partial charge < -0.3 is 4.40 Å². The van der Waals surface area contributed by atoms with Crippen molar-refractivity contribution in [1.29, 1.82) is 0 Å². The maximum atomic E-state index is 4.40. The Morgan fingerprint density at radius 2 is 1.65 bits per heavy atom. The maximum Gasteiger partial charge on any atom is 0.115 e. The molecular formula is C15H26N2. The van der Waals surface area contributed by atoms with E-state index in [1.54, 1.807) is 0 Å². The van der Waals surface area contributed by atoms with Gasteiger partial charge in [0.05, 0.1) is 11.7 Å². The van der Waals surface area contributed by atoms with E-state index in [0.717, 1.165) is 5.82 Å². The molecule has 96 valence electrons. The van der Waals surface area contributed by atoms with E-state index in [1.807, 2.05) is 33.9 Å². The molecule has 2 aromatic heterocycles. The summed E-state index contributed by atoms with van der Waals surface area (Å²) < 4.78 is 2.17. The number of rotatable bonds is 1. The Balaban J connectivity index is 0.000000581. The second-order valence-electron chi connectivity index (χ2n) is 3.77. The molecule has 0 radical (unpaired) electrons. The quantitative estimate of drug-likeness (QED) is 0.691. The molecule has 0 spiro atoms. The van der Waals surface area contributed by atoms with Gasteiger partial charge in [-0.3, -0.25) is 0 Å². The van der Waals surface area contributed by atoms with E-state index in [9.17, 15) is 0 Å². The molecule has 2 heteroatoms. The largest absolute Gasteiger partial charge is 0.303 e. The molecule has 0 unspecified atom stereocenters. The number of fused-ring (bicyclic) bond motifs is 1. The number of aromatic nitrogens is 2.